The van der Waals surface area contributed by atoms with Crippen LogP contribution in [0.3, 0.4) is 0 Å². The molecule has 0 aromatic heterocycles. The van der Waals surface area contributed by atoms with Crippen LogP contribution in [0, 0.1) is 11.2 Å². The molecule has 0 amide bonds. The molecule has 0 saturated carbocycles. The number of aliphatic hydroxyl groups is 1. The molecule has 0 bridgehead atoms. The van der Waals surface area contributed by atoms with Crippen molar-refractivity contribution in [2.75, 3.05) is 39.5 Å². The van der Waals surface area contributed by atoms with Crippen molar-refractivity contribution in [3.05, 3.63) is 35.6 Å². The molecule has 20 heavy (non-hydrogen) atoms. The minimum Gasteiger partial charge on any atom is -0.396 e. The average molecular weight is 279 g/mol. The van der Waals surface area contributed by atoms with Gasteiger partial charge in [0.05, 0.1) is 25.2 Å². The van der Waals surface area contributed by atoms with Crippen molar-refractivity contribution in [3.63, 3.8) is 0 Å². The Morgan fingerprint density at radius 2 is 1.85 bits per heavy atom. The third-order valence-electron chi connectivity index (χ3n) is 4.64. The van der Waals surface area contributed by atoms with Crippen molar-refractivity contribution < 1.29 is 14.2 Å². The Morgan fingerprint density at radius 1 is 1.20 bits per heavy atom. The van der Waals surface area contributed by atoms with Gasteiger partial charge in [-0.05, 0) is 49.5 Å². The lowest BCUT2D eigenvalue weighted by Crippen LogP contribution is -2.54. The number of hydrogen-bond donors (Lipinski definition) is 1. The Kier molecular flexibility index (Phi) is 4.06. The molecular formula is C16H22FNO2. The smallest absolute Gasteiger partial charge is 0.123 e. The predicted molar refractivity (Wildman–Crippen MR) is 75.2 cm³/mol. The van der Waals surface area contributed by atoms with E-state index in [1.54, 1.807) is 12.1 Å². The maximum absolute atomic E-state index is 12.9. The number of nitrogens with zero attached hydrogens (tertiary/aromatic N) is 1. The third kappa shape index (κ3) is 2.87. The summed E-state index contributed by atoms with van der Waals surface area (Å²) >= 11 is 0. The molecule has 0 aliphatic carbocycles. The third-order valence-corrected chi connectivity index (χ3v) is 4.64. The number of benzene rings is 1. The van der Waals surface area contributed by atoms with Gasteiger partial charge in [0.1, 0.15) is 5.82 Å². The van der Waals surface area contributed by atoms with Crippen molar-refractivity contribution in [2.45, 2.75) is 18.8 Å². The Hall–Kier alpha value is -0.970. The second-order valence-electron chi connectivity index (χ2n) is 6.25. The van der Waals surface area contributed by atoms with Gasteiger partial charge in [-0.2, -0.15) is 0 Å². The molecule has 4 heteroatoms. The van der Waals surface area contributed by atoms with E-state index in [0.717, 1.165) is 32.5 Å². The number of halogens is 1. The summed E-state index contributed by atoms with van der Waals surface area (Å²) in [5.74, 6) is 0.371. The zero-order valence-corrected chi connectivity index (χ0v) is 11.7. The first-order chi connectivity index (χ1) is 9.71. The largest absolute Gasteiger partial charge is 0.396 e. The predicted octanol–water partition coefficient (Wildman–Crippen LogP) is 2.01. The molecular weight excluding hydrogens is 257 g/mol. The zero-order valence-electron chi connectivity index (χ0n) is 11.7. The second-order valence-corrected chi connectivity index (χ2v) is 6.25. The van der Waals surface area contributed by atoms with Crippen LogP contribution in [0.4, 0.5) is 4.39 Å². The molecule has 2 saturated heterocycles. The number of rotatable bonds is 4. The molecule has 0 radical (unpaired) electrons. The summed E-state index contributed by atoms with van der Waals surface area (Å²) in [6.45, 7) is 4.60. The minimum atomic E-state index is -0.166. The molecule has 2 fully saturated rings. The number of ether oxygens (including phenoxy) is 1. The fourth-order valence-corrected chi connectivity index (χ4v) is 3.26. The van der Waals surface area contributed by atoms with E-state index in [2.05, 4.69) is 4.90 Å². The molecule has 0 spiro atoms. The van der Waals surface area contributed by atoms with E-state index in [0.29, 0.717) is 19.1 Å². The lowest BCUT2D eigenvalue weighted by molar-refractivity contribution is -0.149. The molecule has 3 nitrogen and oxygen atoms in total. The topological polar surface area (TPSA) is 32.7 Å². The summed E-state index contributed by atoms with van der Waals surface area (Å²) < 4.78 is 18.2. The maximum Gasteiger partial charge on any atom is 0.123 e. The quantitative estimate of drug-likeness (QED) is 0.915. The van der Waals surface area contributed by atoms with Gasteiger partial charge < -0.3 is 14.7 Å². The molecule has 2 aliphatic rings. The monoisotopic (exact) mass is 279 g/mol. The lowest BCUT2D eigenvalue weighted by Gasteiger charge is -2.45. The first-order valence-electron chi connectivity index (χ1n) is 7.37. The van der Waals surface area contributed by atoms with Gasteiger partial charge in [0.2, 0.25) is 0 Å². The van der Waals surface area contributed by atoms with E-state index in [-0.39, 0.29) is 17.8 Å². The van der Waals surface area contributed by atoms with Gasteiger partial charge in [-0.15, -0.1) is 0 Å². The van der Waals surface area contributed by atoms with Crippen molar-refractivity contribution in [1.29, 1.82) is 0 Å². The average Bonchev–Trinajstić information content (AvgIpc) is 2.45. The lowest BCUT2D eigenvalue weighted by atomic mass is 9.84. The standard InChI is InChI=1S/C16H22FNO2/c17-15-3-1-13(2-4-15)14-5-7-18(8-6-14)9-16(10-19)11-20-12-16/h1-4,14,19H,5-12H2. The molecule has 0 unspecified atom stereocenters. The maximum atomic E-state index is 12.9. The number of likely N-dealkylation sites (tertiary alicyclic amines) is 1. The molecule has 2 heterocycles. The summed E-state index contributed by atoms with van der Waals surface area (Å²) in [6, 6.07) is 6.91. The number of aliphatic hydroxyl groups excluding tert-OH is 1. The molecule has 2 aliphatic heterocycles. The van der Waals surface area contributed by atoms with E-state index < -0.39 is 0 Å². The van der Waals surface area contributed by atoms with Crippen LogP contribution >= 0.6 is 0 Å². The molecule has 1 aromatic carbocycles. The summed E-state index contributed by atoms with van der Waals surface area (Å²) in [5.41, 5.74) is 1.22. The van der Waals surface area contributed by atoms with Gasteiger partial charge in [0.25, 0.3) is 0 Å². The number of piperidine rings is 1. The molecule has 3 rings (SSSR count). The Bertz CT molecular complexity index is 431. The summed E-state index contributed by atoms with van der Waals surface area (Å²) in [7, 11) is 0. The van der Waals surface area contributed by atoms with E-state index >= 15 is 0 Å². The Morgan fingerprint density at radius 3 is 2.35 bits per heavy atom. The highest BCUT2D eigenvalue weighted by atomic mass is 19.1. The highest BCUT2D eigenvalue weighted by molar-refractivity contribution is 5.21. The minimum absolute atomic E-state index is 0.0251. The summed E-state index contributed by atoms with van der Waals surface area (Å²) in [6.07, 6.45) is 2.21. The van der Waals surface area contributed by atoms with Gasteiger partial charge in [-0.25, -0.2) is 4.39 Å². The fraction of sp³-hybridized carbons (Fsp3) is 0.625. The summed E-state index contributed by atoms with van der Waals surface area (Å²) in [5, 5.41) is 9.48. The first kappa shape index (κ1) is 14.0. The van der Waals surface area contributed by atoms with Crippen LogP contribution in [0.1, 0.15) is 24.3 Å². The van der Waals surface area contributed by atoms with Gasteiger partial charge in [0.15, 0.2) is 0 Å². The Balaban J connectivity index is 1.53. The van der Waals surface area contributed by atoms with Gasteiger partial charge in [0, 0.05) is 6.54 Å². The van der Waals surface area contributed by atoms with E-state index in [1.165, 1.54) is 5.56 Å². The van der Waals surface area contributed by atoms with Crippen LogP contribution < -0.4 is 0 Å². The Labute approximate surface area is 119 Å². The zero-order chi connectivity index (χ0) is 14.0. The van der Waals surface area contributed by atoms with Gasteiger partial charge >= 0.3 is 0 Å². The molecule has 1 aromatic rings. The molecule has 0 atom stereocenters. The van der Waals surface area contributed by atoms with Crippen LogP contribution in [-0.2, 0) is 4.74 Å². The van der Waals surface area contributed by atoms with Crippen LogP contribution in [0.15, 0.2) is 24.3 Å². The second kappa shape index (κ2) is 5.80. The fourth-order valence-electron chi connectivity index (χ4n) is 3.26. The van der Waals surface area contributed by atoms with Crippen molar-refractivity contribution in [2.24, 2.45) is 5.41 Å². The van der Waals surface area contributed by atoms with E-state index in [9.17, 15) is 9.50 Å². The highest BCUT2D eigenvalue weighted by Crippen LogP contribution is 2.32. The molecule has 1 N–H and O–H groups in total. The highest BCUT2D eigenvalue weighted by Gasteiger charge is 2.40. The van der Waals surface area contributed by atoms with Crippen molar-refractivity contribution in [3.8, 4) is 0 Å². The van der Waals surface area contributed by atoms with Crippen LogP contribution in [-0.4, -0.2) is 49.5 Å². The van der Waals surface area contributed by atoms with Crippen LogP contribution in [0.5, 0.6) is 0 Å². The van der Waals surface area contributed by atoms with E-state index in [1.807, 2.05) is 12.1 Å². The van der Waals surface area contributed by atoms with Gasteiger partial charge in [-0.1, -0.05) is 12.1 Å². The van der Waals surface area contributed by atoms with Gasteiger partial charge in [-0.3, -0.25) is 0 Å². The van der Waals surface area contributed by atoms with E-state index in [4.69, 9.17) is 4.74 Å². The molecule has 110 valence electrons. The van der Waals surface area contributed by atoms with Crippen LogP contribution in [0.25, 0.3) is 0 Å². The SMILES string of the molecule is OCC1(CN2CCC(c3ccc(F)cc3)CC2)COC1. The number of hydrogen-bond acceptors (Lipinski definition) is 3. The van der Waals surface area contributed by atoms with Crippen molar-refractivity contribution >= 4 is 0 Å². The summed E-state index contributed by atoms with van der Waals surface area (Å²) in [4.78, 5) is 2.43. The van der Waals surface area contributed by atoms with Crippen molar-refractivity contribution in [1.82, 2.24) is 4.90 Å². The normalized spacial score (nSPS) is 23.5. The van der Waals surface area contributed by atoms with Crippen LogP contribution in [0.2, 0.25) is 0 Å². The first-order valence-corrected chi connectivity index (χ1v) is 7.37.